The van der Waals surface area contributed by atoms with Gasteiger partial charge in [0.1, 0.15) is 5.78 Å². The average molecular weight is 363 g/mol. The van der Waals surface area contributed by atoms with Crippen molar-refractivity contribution in [3.05, 3.63) is 35.4 Å². The zero-order valence-corrected chi connectivity index (χ0v) is 15.5. The number of nitrogens with one attached hydrogen (secondary N) is 1. The van der Waals surface area contributed by atoms with Crippen LogP contribution in [0.25, 0.3) is 0 Å². The first-order chi connectivity index (χ1) is 11.7. The highest BCUT2D eigenvalue weighted by Gasteiger charge is 2.65. The maximum Gasteiger partial charge on any atom is 0.213 e. The van der Waals surface area contributed by atoms with E-state index < -0.39 is 27.6 Å². The van der Waals surface area contributed by atoms with Crippen LogP contribution in [0.5, 0.6) is 0 Å². The van der Waals surface area contributed by atoms with Crippen molar-refractivity contribution in [3.63, 3.8) is 0 Å². The Kier molecular flexibility index (Phi) is 3.70. The van der Waals surface area contributed by atoms with Crippen LogP contribution in [-0.4, -0.2) is 31.2 Å². The number of aliphatic hydroxyl groups is 1. The molecule has 0 radical (unpaired) electrons. The monoisotopic (exact) mass is 363 g/mol. The number of ketones is 1. The fourth-order valence-corrected chi connectivity index (χ4v) is 7.46. The van der Waals surface area contributed by atoms with Gasteiger partial charge in [0.05, 0.1) is 17.9 Å². The standard InChI is InChI=1S/C19H25NO4S/c1-18(2)13-7-8-19(18,16(22)10-13)11-25(23,24)20-17-14-6-4-3-5-12(14)9-15(17)21/h3-6,13,15,17,20-21H,7-11H2,1-2H3/t13?,15?,17?,19-/m0/s1. The van der Waals surface area contributed by atoms with E-state index in [0.29, 0.717) is 19.3 Å². The van der Waals surface area contributed by atoms with E-state index in [4.69, 9.17) is 0 Å². The van der Waals surface area contributed by atoms with Crippen LogP contribution in [0.4, 0.5) is 0 Å². The smallest absolute Gasteiger partial charge is 0.213 e. The SMILES string of the molecule is CC1(C)C2CC[C@]1(CS(=O)(=O)NC1c3ccccc3CC1O)C(=O)C2. The van der Waals surface area contributed by atoms with Crippen LogP contribution in [0, 0.1) is 16.7 Å². The number of rotatable bonds is 4. The maximum absolute atomic E-state index is 12.9. The van der Waals surface area contributed by atoms with Gasteiger partial charge in [-0.15, -0.1) is 0 Å². The zero-order chi connectivity index (χ0) is 18.0. The van der Waals surface area contributed by atoms with Gasteiger partial charge in [-0.3, -0.25) is 4.79 Å². The van der Waals surface area contributed by atoms with Crippen LogP contribution in [-0.2, 0) is 21.2 Å². The van der Waals surface area contributed by atoms with Crippen LogP contribution in [0.1, 0.15) is 50.3 Å². The predicted molar refractivity (Wildman–Crippen MR) is 94.4 cm³/mol. The third-order valence-corrected chi connectivity index (χ3v) is 8.57. The summed E-state index contributed by atoms with van der Waals surface area (Å²) in [7, 11) is -3.70. The van der Waals surface area contributed by atoms with E-state index in [1.807, 2.05) is 38.1 Å². The number of Topliss-reactive ketones (excluding diaryl/α,β-unsaturated/α-hetero) is 1. The minimum atomic E-state index is -3.70. The molecule has 2 N–H and O–H groups in total. The number of sulfonamides is 1. The number of fused-ring (bicyclic) bond motifs is 3. The molecule has 2 bridgehead atoms. The second-order valence-electron chi connectivity index (χ2n) is 8.49. The summed E-state index contributed by atoms with van der Waals surface area (Å²) < 4.78 is 28.6. The molecule has 4 rings (SSSR count). The van der Waals surface area contributed by atoms with Crippen molar-refractivity contribution in [2.24, 2.45) is 16.7 Å². The largest absolute Gasteiger partial charge is 0.391 e. The fourth-order valence-electron chi connectivity index (χ4n) is 5.38. The lowest BCUT2D eigenvalue weighted by Gasteiger charge is -2.36. The summed E-state index contributed by atoms with van der Waals surface area (Å²) in [6, 6.07) is 6.88. The molecule has 0 aromatic heterocycles. The highest BCUT2D eigenvalue weighted by atomic mass is 32.2. The minimum absolute atomic E-state index is 0.0893. The second-order valence-corrected chi connectivity index (χ2v) is 10.2. The Balaban J connectivity index is 1.61. The first-order valence-corrected chi connectivity index (χ1v) is 10.6. The zero-order valence-electron chi connectivity index (χ0n) is 14.7. The quantitative estimate of drug-likeness (QED) is 0.857. The Hall–Kier alpha value is -1.24. The summed E-state index contributed by atoms with van der Waals surface area (Å²) in [6.45, 7) is 4.07. The van der Waals surface area contributed by atoms with Crippen LogP contribution < -0.4 is 4.72 Å². The average Bonchev–Trinajstić information content (AvgIpc) is 3.02. The highest BCUT2D eigenvalue weighted by molar-refractivity contribution is 7.89. The van der Waals surface area contributed by atoms with Crippen molar-refractivity contribution >= 4 is 15.8 Å². The molecule has 0 saturated heterocycles. The van der Waals surface area contributed by atoms with E-state index in [-0.39, 0.29) is 22.9 Å². The molecule has 3 aliphatic carbocycles. The Morgan fingerprint density at radius 2 is 1.96 bits per heavy atom. The third kappa shape index (κ3) is 2.41. The van der Waals surface area contributed by atoms with Gasteiger partial charge >= 0.3 is 0 Å². The van der Waals surface area contributed by atoms with Crippen molar-refractivity contribution < 1.29 is 18.3 Å². The molecule has 5 nitrogen and oxygen atoms in total. The first kappa shape index (κ1) is 17.2. The topological polar surface area (TPSA) is 83.5 Å². The summed E-state index contributed by atoms with van der Waals surface area (Å²) in [5, 5.41) is 10.3. The Morgan fingerprint density at radius 1 is 1.24 bits per heavy atom. The lowest BCUT2D eigenvalue weighted by atomic mass is 9.70. The summed E-state index contributed by atoms with van der Waals surface area (Å²) in [4.78, 5) is 12.6. The van der Waals surface area contributed by atoms with Gasteiger partial charge in [-0.05, 0) is 35.3 Å². The highest BCUT2D eigenvalue weighted by Crippen LogP contribution is 2.64. The third-order valence-electron chi connectivity index (χ3n) is 7.09. The number of aliphatic hydroxyl groups excluding tert-OH is 1. The molecule has 25 heavy (non-hydrogen) atoms. The Morgan fingerprint density at radius 3 is 2.60 bits per heavy atom. The molecule has 1 aromatic rings. The molecule has 3 aliphatic rings. The van der Waals surface area contributed by atoms with Crippen molar-refractivity contribution in [3.8, 4) is 0 Å². The van der Waals surface area contributed by atoms with Gasteiger partial charge in [0.15, 0.2) is 0 Å². The lowest BCUT2D eigenvalue weighted by molar-refractivity contribution is -0.128. The van der Waals surface area contributed by atoms with Crippen molar-refractivity contribution in [1.82, 2.24) is 4.72 Å². The summed E-state index contributed by atoms with van der Waals surface area (Å²) >= 11 is 0. The van der Waals surface area contributed by atoms with E-state index in [1.165, 1.54) is 0 Å². The van der Waals surface area contributed by atoms with Crippen LogP contribution in [0.15, 0.2) is 24.3 Å². The molecular weight excluding hydrogens is 338 g/mol. The fraction of sp³-hybridized carbons (Fsp3) is 0.632. The molecule has 0 aliphatic heterocycles. The normalized spacial score (nSPS) is 36.0. The van der Waals surface area contributed by atoms with E-state index in [1.54, 1.807) is 0 Å². The number of carbonyl (C=O) groups excluding carboxylic acids is 1. The van der Waals surface area contributed by atoms with E-state index >= 15 is 0 Å². The Bertz CT molecular complexity index is 832. The minimum Gasteiger partial charge on any atom is -0.391 e. The van der Waals surface area contributed by atoms with Crippen LogP contribution in [0.3, 0.4) is 0 Å². The lowest BCUT2D eigenvalue weighted by Crippen LogP contribution is -2.46. The van der Waals surface area contributed by atoms with E-state index in [9.17, 15) is 18.3 Å². The number of carbonyl (C=O) groups is 1. The number of hydrogen-bond donors (Lipinski definition) is 2. The number of benzene rings is 1. The van der Waals surface area contributed by atoms with E-state index in [2.05, 4.69) is 4.72 Å². The molecule has 2 saturated carbocycles. The van der Waals surface area contributed by atoms with E-state index in [0.717, 1.165) is 17.5 Å². The Labute approximate surface area is 148 Å². The molecule has 136 valence electrons. The molecule has 0 heterocycles. The summed E-state index contributed by atoms with van der Waals surface area (Å²) in [5.74, 6) is 0.202. The molecule has 4 atom stereocenters. The molecule has 0 amide bonds. The molecule has 2 fully saturated rings. The van der Waals surface area contributed by atoms with Crippen LogP contribution in [0.2, 0.25) is 0 Å². The molecule has 1 aromatic carbocycles. The first-order valence-electron chi connectivity index (χ1n) is 8.95. The second kappa shape index (κ2) is 5.38. The van der Waals surface area contributed by atoms with Gasteiger partial charge in [0.2, 0.25) is 10.0 Å². The maximum atomic E-state index is 12.9. The van der Waals surface area contributed by atoms with Crippen molar-refractivity contribution in [2.75, 3.05) is 5.75 Å². The number of hydrogen-bond acceptors (Lipinski definition) is 4. The van der Waals surface area contributed by atoms with Gasteiger partial charge < -0.3 is 5.11 Å². The van der Waals surface area contributed by atoms with Crippen LogP contribution >= 0.6 is 0 Å². The van der Waals surface area contributed by atoms with Gasteiger partial charge in [0.25, 0.3) is 0 Å². The molecule has 0 spiro atoms. The van der Waals surface area contributed by atoms with Gasteiger partial charge in [-0.2, -0.15) is 0 Å². The molecule has 6 heteroatoms. The van der Waals surface area contributed by atoms with Crippen molar-refractivity contribution in [1.29, 1.82) is 0 Å². The predicted octanol–water partition coefficient (Wildman–Crippen LogP) is 1.96. The van der Waals surface area contributed by atoms with Gasteiger partial charge in [-0.25, -0.2) is 13.1 Å². The molecular formula is C19H25NO4S. The molecule has 3 unspecified atom stereocenters. The summed E-state index contributed by atoms with van der Waals surface area (Å²) in [5.41, 5.74) is 0.730. The summed E-state index contributed by atoms with van der Waals surface area (Å²) in [6.07, 6.45) is 1.74. The van der Waals surface area contributed by atoms with Gasteiger partial charge in [-0.1, -0.05) is 38.1 Å². The van der Waals surface area contributed by atoms with Crippen molar-refractivity contribution in [2.45, 2.75) is 51.7 Å². The van der Waals surface area contributed by atoms with Gasteiger partial charge in [0, 0.05) is 18.3 Å².